The van der Waals surface area contributed by atoms with Gasteiger partial charge in [0.2, 0.25) is 12.3 Å². The highest BCUT2D eigenvalue weighted by Crippen LogP contribution is 2.02. The largest absolute Gasteiger partial charge is 0.481 e. The predicted octanol–water partition coefficient (Wildman–Crippen LogP) is -2.70. The van der Waals surface area contributed by atoms with Gasteiger partial charge in [-0.05, 0) is 6.42 Å². The van der Waals surface area contributed by atoms with Gasteiger partial charge in [0.25, 0.3) is 5.91 Å². The summed E-state index contributed by atoms with van der Waals surface area (Å²) in [6.07, 6.45) is -1.36. The fourth-order valence-corrected chi connectivity index (χ4v) is 1.42. The number of carboxylic acid groups (broad SMARTS) is 2. The number of carboxylic acids is 2. The third-order valence-corrected chi connectivity index (χ3v) is 2.34. The topological polar surface area (TPSA) is 165 Å². The first kappa shape index (κ1) is 15.4. The number of carbonyl (C=O) groups excluding carboxylic acids is 2. The van der Waals surface area contributed by atoms with Crippen LogP contribution in [0.5, 0.6) is 0 Å². The summed E-state index contributed by atoms with van der Waals surface area (Å²) in [6.45, 7) is 0. The monoisotopic (exact) mass is 287 g/mol. The summed E-state index contributed by atoms with van der Waals surface area (Å²) in [6, 6.07) is -1.41. The second-order valence-electron chi connectivity index (χ2n) is 3.91. The van der Waals surface area contributed by atoms with Gasteiger partial charge < -0.3 is 31.3 Å². The molecule has 0 aromatic rings. The molecule has 2 amide bonds. The second-order valence-corrected chi connectivity index (χ2v) is 3.91. The van der Waals surface area contributed by atoms with Gasteiger partial charge >= 0.3 is 11.9 Å². The zero-order valence-electron chi connectivity index (χ0n) is 10.1. The minimum atomic E-state index is -1.46. The van der Waals surface area contributed by atoms with E-state index >= 15 is 0 Å². The molecule has 6 N–H and O–H groups in total. The van der Waals surface area contributed by atoms with Crippen LogP contribution in [0, 0.1) is 0 Å². The predicted molar refractivity (Wildman–Crippen MR) is 61.8 cm³/mol. The fraction of sp³-hybridized carbons (Fsp3) is 0.400. The third kappa shape index (κ3) is 4.57. The molecule has 1 heterocycles. The van der Waals surface area contributed by atoms with Crippen molar-refractivity contribution in [2.24, 2.45) is 0 Å². The Kier molecular flexibility index (Phi) is 5.03. The van der Waals surface area contributed by atoms with E-state index in [1.807, 2.05) is 5.32 Å². The quantitative estimate of drug-likeness (QED) is 0.307. The van der Waals surface area contributed by atoms with Crippen molar-refractivity contribution in [2.75, 3.05) is 0 Å². The zero-order valence-corrected chi connectivity index (χ0v) is 10.1. The summed E-state index contributed by atoms with van der Waals surface area (Å²) in [5.41, 5.74) is -0.317. The summed E-state index contributed by atoms with van der Waals surface area (Å²) >= 11 is 0. The van der Waals surface area contributed by atoms with E-state index in [1.165, 1.54) is 0 Å². The number of hydrogen-bond acceptors (Lipinski definition) is 6. The van der Waals surface area contributed by atoms with E-state index in [0.717, 1.165) is 6.08 Å². The molecule has 0 saturated carbocycles. The molecule has 1 unspecified atom stereocenters. The lowest BCUT2D eigenvalue weighted by Crippen LogP contribution is -2.53. The molecule has 0 bridgehead atoms. The number of rotatable bonds is 6. The standard InChI is InChI=1S/C10H13N3O7/c14-6-3-5(12-10(20)13-6)8(17)11-4(9(18)19)1-2-7(15)16/h3-4,10,12,20H,1-2H2,(H,11,17)(H,13,14)(H,15,16)(H,18,19)/t4-,10?/m0/s1. The Morgan fingerprint density at radius 2 is 1.95 bits per heavy atom. The maximum Gasteiger partial charge on any atom is 0.326 e. The van der Waals surface area contributed by atoms with Crippen molar-refractivity contribution in [2.45, 2.75) is 25.2 Å². The van der Waals surface area contributed by atoms with Gasteiger partial charge in [-0.15, -0.1) is 0 Å². The lowest BCUT2D eigenvalue weighted by atomic mass is 10.1. The molecule has 0 aromatic heterocycles. The minimum absolute atomic E-state index is 0.307. The number of aliphatic hydroxyl groups excluding tert-OH is 1. The summed E-state index contributed by atoms with van der Waals surface area (Å²) in [5, 5.41) is 32.8. The molecule has 1 aliphatic rings. The lowest BCUT2D eigenvalue weighted by Gasteiger charge is -2.22. The van der Waals surface area contributed by atoms with Gasteiger partial charge in [0.15, 0.2) is 0 Å². The van der Waals surface area contributed by atoms with Gasteiger partial charge in [-0.25, -0.2) is 4.79 Å². The summed E-state index contributed by atoms with van der Waals surface area (Å²) in [4.78, 5) is 44.0. The van der Waals surface area contributed by atoms with Crippen molar-refractivity contribution < 1.29 is 34.5 Å². The summed E-state index contributed by atoms with van der Waals surface area (Å²) < 4.78 is 0. The Balaban J connectivity index is 2.68. The molecule has 0 radical (unpaired) electrons. The highest BCUT2D eigenvalue weighted by molar-refractivity contribution is 6.02. The third-order valence-electron chi connectivity index (χ3n) is 2.34. The van der Waals surface area contributed by atoms with E-state index < -0.39 is 42.6 Å². The van der Waals surface area contributed by atoms with Gasteiger partial charge in [0.1, 0.15) is 11.7 Å². The maximum atomic E-state index is 11.7. The first-order valence-electron chi connectivity index (χ1n) is 5.52. The maximum absolute atomic E-state index is 11.7. The number of carbonyl (C=O) groups is 4. The van der Waals surface area contributed by atoms with Gasteiger partial charge in [-0.3, -0.25) is 14.4 Å². The Morgan fingerprint density at radius 1 is 1.30 bits per heavy atom. The number of nitrogens with one attached hydrogen (secondary N) is 3. The Bertz CT molecular complexity index is 473. The number of hydrogen-bond donors (Lipinski definition) is 6. The fourth-order valence-electron chi connectivity index (χ4n) is 1.42. The van der Waals surface area contributed by atoms with Crippen molar-refractivity contribution >= 4 is 23.8 Å². The van der Waals surface area contributed by atoms with Crippen LogP contribution in [-0.2, 0) is 19.2 Å². The van der Waals surface area contributed by atoms with Crippen LogP contribution in [0.25, 0.3) is 0 Å². The van der Waals surface area contributed by atoms with E-state index in [9.17, 15) is 19.2 Å². The highest BCUT2D eigenvalue weighted by Gasteiger charge is 2.26. The SMILES string of the molecule is O=C(O)CC[C@H](NC(=O)C1=CC(=O)NC(O)N1)C(=O)O. The molecule has 0 spiro atoms. The minimum Gasteiger partial charge on any atom is -0.481 e. The van der Waals surface area contributed by atoms with Crippen LogP contribution in [-0.4, -0.2) is 51.5 Å². The average molecular weight is 287 g/mol. The molecule has 10 heteroatoms. The summed E-state index contributed by atoms with van der Waals surface area (Å²) in [7, 11) is 0. The molecule has 0 saturated heterocycles. The van der Waals surface area contributed by atoms with Gasteiger partial charge in [-0.1, -0.05) is 0 Å². The van der Waals surface area contributed by atoms with Crippen LogP contribution < -0.4 is 16.0 Å². The first-order valence-corrected chi connectivity index (χ1v) is 5.52. The second kappa shape index (κ2) is 6.52. The Hall–Kier alpha value is -2.62. The molecule has 10 nitrogen and oxygen atoms in total. The Morgan fingerprint density at radius 3 is 2.45 bits per heavy atom. The molecule has 1 rings (SSSR count). The zero-order chi connectivity index (χ0) is 15.3. The van der Waals surface area contributed by atoms with Crippen LogP contribution in [0.2, 0.25) is 0 Å². The first-order chi connectivity index (χ1) is 9.29. The van der Waals surface area contributed by atoms with E-state index in [2.05, 4.69) is 10.6 Å². The number of aliphatic hydroxyl groups is 1. The molecular formula is C10H13N3O7. The van der Waals surface area contributed by atoms with E-state index in [1.54, 1.807) is 0 Å². The van der Waals surface area contributed by atoms with Gasteiger partial charge in [-0.2, -0.15) is 0 Å². The van der Waals surface area contributed by atoms with Crippen molar-refractivity contribution in [3.63, 3.8) is 0 Å². The van der Waals surface area contributed by atoms with E-state index in [4.69, 9.17) is 15.3 Å². The van der Waals surface area contributed by atoms with Crippen LogP contribution in [0.15, 0.2) is 11.8 Å². The normalized spacial score (nSPS) is 19.1. The molecule has 1 aliphatic heterocycles. The average Bonchev–Trinajstić information content (AvgIpc) is 2.32. The molecule has 0 aromatic carbocycles. The van der Waals surface area contributed by atoms with Crippen molar-refractivity contribution in [3.8, 4) is 0 Å². The molecule has 20 heavy (non-hydrogen) atoms. The van der Waals surface area contributed by atoms with Crippen LogP contribution in [0.1, 0.15) is 12.8 Å². The molecular weight excluding hydrogens is 274 g/mol. The van der Waals surface area contributed by atoms with Crippen molar-refractivity contribution in [1.82, 2.24) is 16.0 Å². The molecule has 0 fully saturated rings. The van der Waals surface area contributed by atoms with Crippen LogP contribution in [0.3, 0.4) is 0 Å². The summed E-state index contributed by atoms with van der Waals surface area (Å²) in [5.74, 6) is -4.26. The number of aliphatic carboxylic acids is 2. The van der Waals surface area contributed by atoms with E-state index in [-0.39, 0.29) is 12.1 Å². The Labute approximate surface area is 112 Å². The van der Waals surface area contributed by atoms with Crippen molar-refractivity contribution in [1.29, 1.82) is 0 Å². The molecule has 110 valence electrons. The smallest absolute Gasteiger partial charge is 0.326 e. The van der Waals surface area contributed by atoms with Crippen molar-refractivity contribution in [3.05, 3.63) is 11.8 Å². The van der Waals surface area contributed by atoms with Crippen LogP contribution in [0.4, 0.5) is 0 Å². The molecule has 2 atom stereocenters. The highest BCUT2D eigenvalue weighted by atomic mass is 16.4. The van der Waals surface area contributed by atoms with Gasteiger partial charge in [0, 0.05) is 12.5 Å². The lowest BCUT2D eigenvalue weighted by molar-refractivity contribution is -0.142. The van der Waals surface area contributed by atoms with Crippen LogP contribution >= 0.6 is 0 Å². The number of amides is 2. The van der Waals surface area contributed by atoms with Gasteiger partial charge in [0.05, 0.1) is 0 Å². The van der Waals surface area contributed by atoms with E-state index in [0.29, 0.717) is 0 Å². The molecule has 0 aliphatic carbocycles.